The summed E-state index contributed by atoms with van der Waals surface area (Å²) >= 11 is 7.24. The molecule has 24 heavy (non-hydrogen) atoms. The number of halogens is 1. The van der Waals surface area contributed by atoms with Crippen LogP contribution in [0.4, 0.5) is 9.93 Å². The molecule has 2 heterocycles. The molecule has 0 unspecified atom stereocenters. The zero-order valence-corrected chi connectivity index (χ0v) is 14.6. The van der Waals surface area contributed by atoms with E-state index in [-0.39, 0.29) is 5.91 Å². The molecule has 0 radical (unpaired) electrons. The molecule has 3 rings (SSSR count). The fourth-order valence-electron chi connectivity index (χ4n) is 2.49. The van der Waals surface area contributed by atoms with Gasteiger partial charge in [-0.3, -0.25) is 10.1 Å². The van der Waals surface area contributed by atoms with Crippen LogP contribution in [0.25, 0.3) is 0 Å². The first-order chi connectivity index (χ1) is 11.5. The number of nitrogens with one attached hydrogen (secondary N) is 1. The van der Waals surface area contributed by atoms with Crippen LogP contribution in [0.15, 0.2) is 24.3 Å². The molecule has 0 bridgehead atoms. The van der Waals surface area contributed by atoms with Crippen LogP contribution >= 0.6 is 22.9 Å². The lowest BCUT2D eigenvalue weighted by atomic mass is 10.1. The van der Waals surface area contributed by atoms with Gasteiger partial charge < -0.3 is 9.64 Å². The molecule has 1 aliphatic heterocycles. The quantitative estimate of drug-likeness (QED) is 0.907. The third-order valence-electron chi connectivity index (χ3n) is 3.75. The van der Waals surface area contributed by atoms with Crippen LogP contribution in [0.1, 0.15) is 16.1 Å². The summed E-state index contributed by atoms with van der Waals surface area (Å²) in [4.78, 5) is 30.9. The molecule has 0 spiro atoms. The summed E-state index contributed by atoms with van der Waals surface area (Å²) in [7, 11) is 1.31. The summed E-state index contributed by atoms with van der Waals surface area (Å²) in [5, 5.41) is 3.72. The van der Waals surface area contributed by atoms with Crippen molar-refractivity contribution in [3.05, 3.63) is 45.4 Å². The molecule has 1 aromatic carbocycles. The number of hydrogen-bond donors (Lipinski definition) is 1. The van der Waals surface area contributed by atoms with E-state index in [9.17, 15) is 9.59 Å². The van der Waals surface area contributed by atoms with Crippen LogP contribution < -0.4 is 5.32 Å². The highest BCUT2D eigenvalue weighted by Gasteiger charge is 2.24. The molecule has 6 nitrogen and oxygen atoms in total. The number of rotatable bonds is 3. The predicted octanol–water partition coefficient (Wildman–Crippen LogP) is 3.10. The van der Waals surface area contributed by atoms with E-state index in [4.69, 9.17) is 11.6 Å². The normalized spacial score (nSPS) is 13.3. The molecule has 0 aliphatic carbocycles. The topological polar surface area (TPSA) is 71.5 Å². The molecule has 1 N–H and O–H groups in total. The Kier molecular flexibility index (Phi) is 5.01. The second kappa shape index (κ2) is 7.19. The lowest BCUT2D eigenvalue weighted by molar-refractivity contribution is -0.131. The molecule has 0 fully saturated rings. The Labute approximate surface area is 148 Å². The second-order valence-corrected chi connectivity index (χ2v) is 6.89. The summed E-state index contributed by atoms with van der Waals surface area (Å²) < 4.78 is 4.56. The average molecular weight is 366 g/mol. The minimum Gasteiger partial charge on any atom is -0.453 e. The monoisotopic (exact) mass is 365 g/mol. The predicted molar refractivity (Wildman–Crippen MR) is 92.4 cm³/mol. The van der Waals surface area contributed by atoms with Gasteiger partial charge in [0.25, 0.3) is 0 Å². The van der Waals surface area contributed by atoms with Crippen molar-refractivity contribution in [1.29, 1.82) is 0 Å². The maximum Gasteiger partial charge on any atom is 0.413 e. The zero-order valence-electron chi connectivity index (χ0n) is 13.0. The largest absolute Gasteiger partial charge is 0.453 e. The van der Waals surface area contributed by atoms with Gasteiger partial charge in [0.1, 0.15) is 0 Å². The Hall–Kier alpha value is -2.12. The number of anilines is 1. The maximum absolute atomic E-state index is 12.5. The summed E-state index contributed by atoms with van der Waals surface area (Å²) in [6, 6.07) is 7.29. The van der Waals surface area contributed by atoms with Crippen molar-refractivity contribution < 1.29 is 14.3 Å². The minimum atomic E-state index is -0.545. The highest BCUT2D eigenvalue weighted by atomic mass is 35.5. The number of aromatic nitrogens is 1. The van der Waals surface area contributed by atoms with E-state index < -0.39 is 6.09 Å². The van der Waals surface area contributed by atoms with Crippen molar-refractivity contribution in [3.8, 4) is 0 Å². The summed E-state index contributed by atoms with van der Waals surface area (Å²) in [5.41, 5.74) is 1.87. The fourth-order valence-corrected chi connectivity index (χ4v) is 3.62. The molecule has 0 atom stereocenters. The molecular formula is C16H16ClN3O3S. The standard InChI is InChI=1S/C16H16ClN3O3S/c1-23-16(22)19-15-18-12-6-7-20(9-13(12)24-15)14(21)8-10-2-4-11(17)5-3-10/h2-5H,6-9H2,1H3,(H,18,19,22). The molecule has 0 saturated heterocycles. The Bertz CT molecular complexity index is 760. The number of fused-ring (bicyclic) bond motifs is 1. The van der Waals surface area contributed by atoms with E-state index in [0.29, 0.717) is 36.1 Å². The van der Waals surface area contributed by atoms with Gasteiger partial charge in [-0.2, -0.15) is 0 Å². The first kappa shape index (κ1) is 16.7. The van der Waals surface area contributed by atoms with Gasteiger partial charge in [-0.25, -0.2) is 9.78 Å². The molecule has 2 aromatic rings. The van der Waals surface area contributed by atoms with Crippen molar-refractivity contribution in [2.24, 2.45) is 0 Å². The van der Waals surface area contributed by atoms with E-state index in [1.807, 2.05) is 17.0 Å². The summed E-state index contributed by atoms with van der Waals surface area (Å²) in [6.07, 6.45) is 0.483. The zero-order chi connectivity index (χ0) is 17.1. The van der Waals surface area contributed by atoms with Crippen molar-refractivity contribution in [2.45, 2.75) is 19.4 Å². The van der Waals surface area contributed by atoms with Gasteiger partial charge in [0.05, 0.1) is 25.8 Å². The van der Waals surface area contributed by atoms with E-state index in [1.165, 1.54) is 18.4 Å². The lowest BCUT2D eigenvalue weighted by Crippen LogP contribution is -2.36. The number of ether oxygens (including phenoxy) is 1. The van der Waals surface area contributed by atoms with Crippen molar-refractivity contribution in [2.75, 3.05) is 19.0 Å². The number of hydrogen-bond acceptors (Lipinski definition) is 5. The SMILES string of the molecule is COC(=O)Nc1nc2c(s1)CN(C(=O)Cc1ccc(Cl)cc1)CC2. The van der Waals surface area contributed by atoms with Crippen molar-refractivity contribution in [1.82, 2.24) is 9.88 Å². The maximum atomic E-state index is 12.5. The number of methoxy groups -OCH3 is 1. The third-order valence-corrected chi connectivity index (χ3v) is 5.00. The third kappa shape index (κ3) is 3.85. The van der Waals surface area contributed by atoms with Crippen LogP contribution in [-0.4, -0.2) is 35.5 Å². The fraction of sp³-hybridized carbons (Fsp3) is 0.312. The van der Waals surface area contributed by atoms with E-state index in [1.54, 1.807) is 12.1 Å². The summed E-state index contributed by atoms with van der Waals surface area (Å²) in [5.74, 6) is 0.0684. The first-order valence-electron chi connectivity index (χ1n) is 7.41. The van der Waals surface area contributed by atoms with Gasteiger partial charge in [-0.1, -0.05) is 35.1 Å². The van der Waals surface area contributed by atoms with Crippen LogP contribution in [0.5, 0.6) is 0 Å². The first-order valence-corrected chi connectivity index (χ1v) is 8.60. The molecule has 126 valence electrons. The van der Waals surface area contributed by atoms with E-state index in [2.05, 4.69) is 15.0 Å². The Morgan fingerprint density at radius 3 is 2.83 bits per heavy atom. The average Bonchev–Trinajstić information content (AvgIpc) is 2.97. The Morgan fingerprint density at radius 1 is 1.38 bits per heavy atom. The highest BCUT2D eigenvalue weighted by molar-refractivity contribution is 7.15. The van der Waals surface area contributed by atoms with Gasteiger partial charge in [0.2, 0.25) is 5.91 Å². The smallest absolute Gasteiger partial charge is 0.413 e. The van der Waals surface area contributed by atoms with Crippen molar-refractivity contribution >= 4 is 40.1 Å². The van der Waals surface area contributed by atoms with Crippen LogP contribution in [-0.2, 0) is 28.9 Å². The molecule has 1 aliphatic rings. The Balaban J connectivity index is 1.64. The molecular weight excluding hydrogens is 350 g/mol. The number of benzene rings is 1. The van der Waals surface area contributed by atoms with Crippen LogP contribution in [0.3, 0.4) is 0 Å². The highest BCUT2D eigenvalue weighted by Crippen LogP contribution is 2.28. The Morgan fingerprint density at radius 2 is 2.12 bits per heavy atom. The number of carbonyl (C=O) groups excluding carboxylic acids is 2. The van der Waals surface area contributed by atoms with E-state index >= 15 is 0 Å². The van der Waals surface area contributed by atoms with Gasteiger partial charge in [0, 0.05) is 22.9 Å². The van der Waals surface area contributed by atoms with Crippen LogP contribution in [0, 0.1) is 0 Å². The lowest BCUT2D eigenvalue weighted by Gasteiger charge is -2.26. The van der Waals surface area contributed by atoms with Gasteiger partial charge >= 0.3 is 6.09 Å². The number of carbonyl (C=O) groups is 2. The number of thiazole rings is 1. The minimum absolute atomic E-state index is 0.0684. The van der Waals surface area contributed by atoms with Crippen LogP contribution in [0.2, 0.25) is 5.02 Å². The molecule has 2 amide bonds. The van der Waals surface area contributed by atoms with Gasteiger partial charge in [-0.15, -0.1) is 0 Å². The van der Waals surface area contributed by atoms with Gasteiger partial charge in [-0.05, 0) is 17.7 Å². The van der Waals surface area contributed by atoms with E-state index in [0.717, 1.165) is 16.1 Å². The second-order valence-electron chi connectivity index (χ2n) is 5.37. The molecule has 8 heteroatoms. The number of nitrogens with zero attached hydrogens (tertiary/aromatic N) is 2. The summed E-state index contributed by atoms with van der Waals surface area (Å²) in [6.45, 7) is 1.14. The number of amides is 2. The van der Waals surface area contributed by atoms with Crippen molar-refractivity contribution in [3.63, 3.8) is 0 Å². The molecule has 0 saturated carbocycles. The molecule has 1 aromatic heterocycles. The van der Waals surface area contributed by atoms with Gasteiger partial charge in [0.15, 0.2) is 5.13 Å².